The van der Waals surface area contributed by atoms with E-state index in [1.807, 2.05) is 0 Å². The highest BCUT2D eigenvalue weighted by Crippen LogP contribution is 2.13. The average Bonchev–Trinajstić information content (AvgIpc) is 2.29. The molecule has 0 aliphatic rings. The van der Waals surface area contributed by atoms with Crippen LogP contribution in [0.2, 0.25) is 0 Å². The Kier molecular flexibility index (Phi) is 4.63. The molecule has 0 aliphatic carbocycles. The zero-order valence-electron chi connectivity index (χ0n) is 8.83. The lowest BCUT2D eigenvalue weighted by atomic mass is 10.2. The number of benzene rings is 1. The van der Waals surface area contributed by atoms with Crippen LogP contribution in [0.25, 0.3) is 16.5 Å². The summed E-state index contributed by atoms with van der Waals surface area (Å²) >= 11 is 0. The molecule has 1 rings (SSSR count). The number of ether oxygens (including phenoxy) is 1. The van der Waals surface area contributed by atoms with Gasteiger partial charge in [-0.25, -0.2) is 4.79 Å². The van der Waals surface area contributed by atoms with Gasteiger partial charge in [0, 0.05) is 16.7 Å². The van der Waals surface area contributed by atoms with Gasteiger partial charge in [0.05, 0.1) is 6.61 Å². The van der Waals surface area contributed by atoms with E-state index in [1.54, 1.807) is 37.3 Å². The van der Waals surface area contributed by atoms with E-state index < -0.39 is 0 Å². The molecule has 82 valence electrons. The van der Waals surface area contributed by atoms with Crippen LogP contribution in [0.1, 0.15) is 12.5 Å². The smallest absolute Gasteiger partial charge is 0.330 e. The van der Waals surface area contributed by atoms with Gasteiger partial charge in [0.2, 0.25) is 0 Å². The van der Waals surface area contributed by atoms with Gasteiger partial charge in [-0.15, -0.1) is 0 Å². The Morgan fingerprint density at radius 2 is 2.19 bits per heavy atom. The molecule has 0 aromatic heterocycles. The summed E-state index contributed by atoms with van der Waals surface area (Å²) in [5, 5.41) is 3.44. The highest BCUT2D eigenvalue weighted by atomic mass is 16.5. The van der Waals surface area contributed by atoms with Crippen molar-refractivity contribution in [1.82, 2.24) is 0 Å². The van der Waals surface area contributed by atoms with Crippen molar-refractivity contribution in [3.05, 3.63) is 46.3 Å². The molecule has 0 heterocycles. The summed E-state index contributed by atoms with van der Waals surface area (Å²) in [4.78, 5) is 13.7. The molecule has 0 spiro atoms. The van der Waals surface area contributed by atoms with Gasteiger partial charge in [-0.05, 0) is 24.1 Å². The molecule has 5 nitrogen and oxygen atoms in total. The van der Waals surface area contributed by atoms with E-state index in [1.165, 1.54) is 6.08 Å². The second-order valence-electron chi connectivity index (χ2n) is 2.87. The predicted molar refractivity (Wildman–Crippen MR) is 60.9 cm³/mol. The monoisotopic (exact) mass is 217 g/mol. The molecule has 0 saturated carbocycles. The second kappa shape index (κ2) is 6.27. The molecular formula is C11H11N3O2. The quantitative estimate of drug-likeness (QED) is 0.255. The number of azide groups is 1. The van der Waals surface area contributed by atoms with E-state index in [0.29, 0.717) is 12.3 Å². The van der Waals surface area contributed by atoms with Gasteiger partial charge in [0.1, 0.15) is 0 Å². The van der Waals surface area contributed by atoms with Crippen molar-refractivity contribution in [3.8, 4) is 0 Å². The van der Waals surface area contributed by atoms with Crippen LogP contribution in [0.3, 0.4) is 0 Å². The van der Waals surface area contributed by atoms with E-state index in [2.05, 4.69) is 10.0 Å². The van der Waals surface area contributed by atoms with Crippen molar-refractivity contribution < 1.29 is 9.53 Å². The number of esters is 1. The van der Waals surface area contributed by atoms with Gasteiger partial charge in [-0.3, -0.25) is 0 Å². The summed E-state index contributed by atoms with van der Waals surface area (Å²) in [6.07, 6.45) is 2.99. The maximum absolute atomic E-state index is 11.0. The van der Waals surface area contributed by atoms with Gasteiger partial charge >= 0.3 is 5.97 Å². The topological polar surface area (TPSA) is 75.1 Å². The molecular weight excluding hydrogens is 206 g/mol. The normalized spacial score (nSPS) is 9.81. The molecule has 0 bridgehead atoms. The second-order valence-corrected chi connectivity index (χ2v) is 2.87. The Labute approximate surface area is 93.0 Å². The average molecular weight is 217 g/mol. The summed E-state index contributed by atoms with van der Waals surface area (Å²) in [5.74, 6) is -0.373. The third kappa shape index (κ3) is 3.86. The van der Waals surface area contributed by atoms with Gasteiger partial charge in [0.15, 0.2) is 0 Å². The molecule has 0 aliphatic heterocycles. The fraction of sp³-hybridized carbons (Fsp3) is 0.182. The molecule has 5 heteroatoms. The van der Waals surface area contributed by atoms with Crippen LogP contribution < -0.4 is 0 Å². The third-order valence-corrected chi connectivity index (χ3v) is 1.75. The summed E-state index contributed by atoms with van der Waals surface area (Å²) in [6.45, 7) is 2.11. The van der Waals surface area contributed by atoms with Crippen LogP contribution in [0.4, 0.5) is 5.69 Å². The molecule has 0 saturated heterocycles. The molecule has 0 fully saturated rings. The molecule has 0 amide bonds. The molecule has 0 radical (unpaired) electrons. The van der Waals surface area contributed by atoms with Crippen molar-refractivity contribution in [1.29, 1.82) is 0 Å². The summed E-state index contributed by atoms with van der Waals surface area (Å²) < 4.78 is 4.73. The summed E-state index contributed by atoms with van der Waals surface area (Å²) in [7, 11) is 0. The first-order chi connectivity index (χ1) is 7.76. The molecule has 0 unspecified atom stereocenters. The number of hydrogen-bond donors (Lipinski definition) is 0. The first kappa shape index (κ1) is 11.8. The summed E-state index contributed by atoms with van der Waals surface area (Å²) in [5.41, 5.74) is 9.58. The predicted octanol–water partition coefficient (Wildman–Crippen LogP) is 3.20. The van der Waals surface area contributed by atoms with Crippen LogP contribution in [0, 0.1) is 0 Å². The highest BCUT2D eigenvalue weighted by molar-refractivity contribution is 5.87. The van der Waals surface area contributed by atoms with E-state index in [9.17, 15) is 4.79 Å². The van der Waals surface area contributed by atoms with Gasteiger partial charge in [-0.2, -0.15) is 0 Å². The molecule has 0 atom stereocenters. The minimum atomic E-state index is -0.373. The Morgan fingerprint density at radius 1 is 1.50 bits per heavy atom. The van der Waals surface area contributed by atoms with E-state index in [-0.39, 0.29) is 5.97 Å². The summed E-state index contributed by atoms with van der Waals surface area (Å²) in [6, 6.07) is 6.84. The molecule has 1 aromatic carbocycles. The fourth-order valence-electron chi connectivity index (χ4n) is 1.06. The van der Waals surface area contributed by atoms with Crippen LogP contribution in [0.5, 0.6) is 0 Å². The minimum Gasteiger partial charge on any atom is -0.463 e. The van der Waals surface area contributed by atoms with E-state index in [4.69, 9.17) is 10.3 Å². The van der Waals surface area contributed by atoms with E-state index in [0.717, 1.165) is 5.56 Å². The highest BCUT2D eigenvalue weighted by Gasteiger charge is 1.94. The van der Waals surface area contributed by atoms with Crippen LogP contribution in [0.15, 0.2) is 35.5 Å². The lowest BCUT2D eigenvalue weighted by molar-refractivity contribution is -0.137. The SMILES string of the molecule is CCOC(=O)C=Cc1ccc(N=[N+]=[N-])cc1. The number of hydrogen-bond acceptors (Lipinski definition) is 3. The zero-order valence-corrected chi connectivity index (χ0v) is 8.83. The molecule has 16 heavy (non-hydrogen) atoms. The van der Waals surface area contributed by atoms with Crippen LogP contribution in [-0.2, 0) is 9.53 Å². The first-order valence-electron chi connectivity index (χ1n) is 4.76. The Hall–Kier alpha value is -2.26. The van der Waals surface area contributed by atoms with Crippen molar-refractivity contribution >= 4 is 17.7 Å². The Bertz CT molecular complexity index is 431. The number of carbonyl (C=O) groups is 1. The van der Waals surface area contributed by atoms with Crippen molar-refractivity contribution in [2.75, 3.05) is 6.61 Å². The molecule has 0 N–H and O–H groups in total. The van der Waals surface area contributed by atoms with Crippen LogP contribution in [-0.4, -0.2) is 12.6 Å². The van der Waals surface area contributed by atoms with Crippen molar-refractivity contribution in [3.63, 3.8) is 0 Å². The third-order valence-electron chi connectivity index (χ3n) is 1.75. The van der Waals surface area contributed by atoms with Crippen molar-refractivity contribution in [2.45, 2.75) is 6.92 Å². The lowest BCUT2D eigenvalue weighted by Gasteiger charge is -1.96. The number of nitrogens with zero attached hydrogens (tertiary/aromatic N) is 3. The Balaban J connectivity index is 2.68. The number of carbonyl (C=O) groups excluding carboxylic acids is 1. The van der Waals surface area contributed by atoms with Crippen LogP contribution >= 0.6 is 0 Å². The van der Waals surface area contributed by atoms with Gasteiger partial charge < -0.3 is 4.74 Å². The lowest BCUT2D eigenvalue weighted by Crippen LogP contribution is -1.98. The minimum absolute atomic E-state index is 0.360. The van der Waals surface area contributed by atoms with E-state index >= 15 is 0 Å². The zero-order chi connectivity index (χ0) is 11.8. The Morgan fingerprint density at radius 3 is 2.75 bits per heavy atom. The fourth-order valence-corrected chi connectivity index (χ4v) is 1.06. The largest absolute Gasteiger partial charge is 0.463 e. The first-order valence-corrected chi connectivity index (χ1v) is 4.76. The van der Waals surface area contributed by atoms with Gasteiger partial charge in [0.25, 0.3) is 0 Å². The van der Waals surface area contributed by atoms with Gasteiger partial charge in [-0.1, -0.05) is 29.4 Å². The maximum atomic E-state index is 11.0. The maximum Gasteiger partial charge on any atom is 0.330 e. The molecule has 1 aromatic rings. The standard InChI is InChI=1S/C11H11N3O2/c1-2-16-11(15)8-5-9-3-6-10(7-4-9)13-14-12/h3-8H,2H2,1H3. The van der Waals surface area contributed by atoms with Crippen molar-refractivity contribution in [2.24, 2.45) is 5.11 Å². The number of rotatable bonds is 4.